The first-order chi connectivity index (χ1) is 11.0. The van der Waals surface area contributed by atoms with Crippen molar-refractivity contribution in [1.29, 1.82) is 0 Å². The van der Waals surface area contributed by atoms with Crippen LogP contribution in [-0.4, -0.2) is 26.3 Å². The third-order valence-corrected chi connectivity index (χ3v) is 4.05. The van der Waals surface area contributed by atoms with Gasteiger partial charge in [0.1, 0.15) is 5.56 Å². The first-order valence-corrected chi connectivity index (χ1v) is 7.94. The minimum atomic E-state index is -0.509. The van der Waals surface area contributed by atoms with Gasteiger partial charge in [-0.2, -0.15) is 0 Å². The Kier molecular flexibility index (Phi) is 4.18. The largest absolute Gasteiger partial charge is 0.494 e. The molecule has 2 aromatic heterocycles. The molecule has 1 aromatic carbocycles. The number of aromatic nitrogens is 3. The summed E-state index contributed by atoms with van der Waals surface area (Å²) in [5.41, 5.74) is 2.49. The maximum absolute atomic E-state index is 11.7. The molecule has 0 amide bonds. The van der Waals surface area contributed by atoms with Crippen LogP contribution in [0.5, 0.6) is 5.88 Å². The molecular formula is C15H12N4O2S2. The van der Waals surface area contributed by atoms with Crippen LogP contribution in [0.15, 0.2) is 39.4 Å². The smallest absolute Gasteiger partial charge is 0.264 e. The number of benzene rings is 1. The predicted molar refractivity (Wildman–Crippen MR) is 93.5 cm³/mol. The van der Waals surface area contributed by atoms with Gasteiger partial charge in [-0.15, -0.1) is 11.3 Å². The fraction of sp³-hybridized carbons (Fsp3) is 0.0667. The molecule has 0 saturated carbocycles. The van der Waals surface area contributed by atoms with E-state index in [2.05, 4.69) is 19.9 Å². The number of nitrogens with zero attached hydrogens (tertiary/aromatic N) is 2. The topological polar surface area (TPSA) is 94.1 Å². The van der Waals surface area contributed by atoms with Crippen molar-refractivity contribution in [2.45, 2.75) is 6.92 Å². The van der Waals surface area contributed by atoms with Crippen LogP contribution < -0.4 is 5.56 Å². The molecule has 6 nitrogen and oxygen atoms in total. The van der Waals surface area contributed by atoms with Gasteiger partial charge in [-0.3, -0.25) is 9.78 Å². The fourth-order valence-electron chi connectivity index (χ4n) is 1.90. The van der Waals surface area contributed by atoms with Crippen LogP contribution in [0.3, 0.4) is 0 Å². The summed E-state index contributed by atoms with van der Waals surface area (Å²) in [5.74, 6) is -0.321. The lowest BCUT2D eigenvalue weighted by molar-refractivity contribution is 0.449. The van der Waals surface area contributed by atoms with E-state index < -0.39 is 5.56 Å². The maximum Gasteiger partial charge on any atom is 0.264 e. The summed E-state index contributed by atoms with van der Waals surface area (Å²) in [6.07, 6.45) is 1.26. The van der Waals surface area contributed by atoms with Crippen LogP contribution in [0.25, 0.3) is 11.3 Å². The van der Waals surface area contributed by atoms with Crippen LogP contribution in [0.2, 0.25) is 0 Å². The van der Waals surface area contributed by atoms with Crippen molar-refractivity contribution < 1.29 is 5.11 Å². The molecule has 0 atom stereocenters. The monoisotopic (exact) mass is 344 g/mol. The van der Waals surface area contributed by atoms with E-state index in [9.17, 15) is 9.90 Å². The van der Waals surface area contributed by atoms with Crippen molar-refractivity contribution in [2.75, 3.05) is 0 Å². The zero-order chi connectivity index (χ0) is 16.4. The fourth-order valence-corrected chi connectivity index (χ4v) is 2.76. The summed E-state index contributed by atoms with van der Waals surface area (Å²) in [7, 11) is 0. The highest BCUT2D eigenvalue weighted by Gasteiger charge is 2.06. The summed E-state index contributed by atoms with van der Waals surface area (Å²) < 4.78 is 0.0561. The van der Waals surface area contributed by atoms with Gasteiger partial charge in [0.25, 0.3) is 5.56 Å². The molecule has 23 heavy (non-hydrogen) atoms. The molecule has 0 unspecified atom stereocenters. The molecule has 0 aliphatic heterocycles. The second kappa shape index (κ2) is 6.27. The molecule has 0 aliphatic carbocycles. The standard InChI is InChI=1S/C15H12N4O2S2/c1-8-2-4-9(5-3-8)11-7-23-15(17-11)16-6-10-12(20)18-14(22)19-13(10)21/h2-7H,1H3,(H3,18,19,20,21,22). The van der Waals surface area contributed by atoms with E-state index in [-0.39, 0.29) is 16.2 Å². The van der Waals surface area contributed by atoms with Crippen molar-refractivity contribution in [3.63, 3.8) is 0 Å². The number of aromatic amines is 2. The average molecular weight is 344 g/mol. The number of hydrogen-bond acceptors (Lipinski definition) is 6. The lowest BCUT2D eigenvalue weighted by atomic mass is 10.1. The first kappa shape index (κ1) is 15.3. The molecule has 0 radical (unpaired) electrons. The molecule has 0 saturated heterocycles. The van der Waals surface area contributed by atoms with Crippen molar-refractivity contribution in [1.82, 2.24) is 15.0 Å². The highest BCUT2D eigenvalue weighted by Crippen LogP contribution is 2.26. The van der Waals surface area contributed by atoms with E-state index in [1.165, 1.54) is 23.1 Å². The quantitative estimate of drug-likeness (QED) is 0.502. The van der Waals surface area contributed by atoms with E-state index in [4.69, 9.17) is 12.2 Å². The zero-order valence-corrected chi connectivity index (χ0v) is 13.7. The van der Waals surface area contributed by atoms with Gasteiger partial charge in [0.05, 0.1) is 5.69 Å². The molecule has 0 aliphatic rings. The molecular weight excluding hydrogens is 332 g/mol. The van der Waals surface area contributed by atoms with E-state index in [0.29, 0.717) is 5.13 Å². The van der Waals surface area contributed by atoms with Gasteiger partial charge in [0.2, 0.25) is 11.0 Å². The summed E-state index contributed by atoms with van der Waals surface area (Å²) >= 11 is 6.11. The predicted octanol–water partition coefficient (Wildman–Crippen LogP) is 3.32. The molecule has 2 heterocycles. The number of aromatic hydroxyl groups is 1. The second-order valence-corrected chi connectivity index (χ2v) is 6.05. The Morgan fingerprint density at radius 3 is 2.74 bits per heavy atom. The minimum Gasteiger partial charge on any atom is -0.494 e. The Balaban J connectivity index is 1.89. The van der Waals surface area contributed by atoms with Crippen LogP contribution in [0.1, 0.15) is 11.1 Å². The van der Waals surface area contributed by atoms with Gasteiger partial charge in [-0.05, 0) is 19.1 Å². The molecule has 0 bridgehead atoms. The number of H-pyrrole nitrogens is 2. The summed E-state index contributed by atoms with van der Waals surface area (Å²) in [6, 6.07) is 8.01. The zero-order valence-electron chi connectivity index (χ0n) is 12.0. The van der Waals surface area contributed by atoms with Gasteiger partial charge >= 0.3 is 0 Å². The normalized spacial score (nSPS) is 11.2. The highest BCUT2D eigenvalue weighted by atomic mass is 32.1. The average Bonchev–Trinajstić information content (AvgIpc) is 2.96. The molecule has 8 heteroatoms. The van der Waals surface area contributed by atoms with Crippen molar-refractivity contribution >= 4 is 34.9 Å². The molecule has 3 rings (SSSR count). The van der Waals surface area contributed by atoms with Crippen LogP contribution in [-0.2, 0) is 0 Å². The van der Waals surface area contributed by atoms with E-state index in [1.807, 2.05) is 36.6 Å². The molecule has 116 valence electrons. The van der Waals surface area contributed by atoms with Crippen LogP contribution >= 0.6 is 23.6 Å². The third-order valence-electron chi connectivity index (χ3n) is 3.10. The maximum atomic E-state index is 11.7. The number of thiazole rings is 1. The summed E-state index contributed by atoms with van der Waals surface area (Å²) in [5, 5.41) is 12.1. The van der Waals surface area contributed by atoms with Crippen LogP contribution in [0, 0.1) is 11.7 Å². The number of aryl methyl sites for hydroxylation is 1. The van der Waals surface area contributed by atoms with E-state index in [1.54, 1.807) is 0 Å². The third kappa shape index (κ3) is 3.43. The second-order valence-electron chi connectivity index (χ2n) is 4.81. The number of hydrogen-bond donors (Lipinski definition) is 3. The Labute approximate surface area is 140 Å². The molecule has 0 fully saturated rings. The van der Waals surface area contributed by atoms with Crippen molar-refractivity contribution in [2.24, 2.45) is 4.99 Å². The van der Waals surface area contributed by atoms with Crippen LogP contribution in [0.4, 0.5) is 5.13 Å². The SMILES string of the molecule is Cc1ccc(-c2csc(N=Cc3c(O)[nH]c(=S)[nH]c3=O)n2)cc1. The van der Waals surface area contributed by atoms with Gasteiger partial charge in [0.15, 0.2) is 4.77 Å². The number of rotatable bonds is 3. The van der Waals surface area contributed by atoms with Gasteiger partial charge in [-0.1, -0.05) is 29.8 Å². The summed E-state index contributed by atoms with van der Waals surface area (Å²) in [6.45, 7) is 2.02. The lowest BCUT2D eigenvalue weighted by Gasteiger charge is -1.97. The highest BCUT2D eigenvalue weighted by molar-refractivity contribution is 7.71. The number of aliphatic imine (C=N–C) groups is 1. The van der Waals surface area contributed by atoms with E-state index >= 15 is 0 Å². The van der Waals surface area contributed by atoms with Gasteiger partial charge < -0.3 is 10.1 Å². The molecule has 0 spiro atoms. The Hall–Kier alpha value is -2.58. The van der Waals surface area contributed by atoms with E-state index in [0.717, 1.165) is 11.3 Å². The molecule has 3 aromatic rings. The Morgan fingerprint density at radius 1 is 1.30 bits per heavy atom. The lowest BCUT2D eigenvalue weighted by Crippen LogP contribution is -2.13. The van der Waals surface area contributed by atoms with Gasteiger partial charge in [0, 0.05) is 17.2 Å². The number of nitrogens with one attached hydrogen (secondary N) is 2. The molecule has 3 N–H and O–H groups in total. The van der Waals surface area contributed by atoms with Crippen molar-refractivity contribution in [3.8, 4) is 17.1 Å². The Bertz CT molecular complexity index is 984. The minimum absolute atomic E-state index is 0.00526. The Morgan fingerprint density at radius 2 is 2.04 bits per heavy atom. The van der Waals surface area contributed by atoms with Gasteiger partial charge in [-0.25, -0.2) is 9.98 Å². The van der Waals surface area contributed by atoms with Crippen molar-refractivity contribution in [3.05, 3.63) is 55.9 Å². The summed E-state index contributed by atoms with van der Waals surface area (Å²) in [4.78, 5) is 25.1. The first-order valence-electron chi connectivity index (χ1n) is 6.65.